The number of nitrogens with two attached hydrogens (primary N) is 1. The van der Waals surface area contributed by atoms with Crippen molar-refractivity contribution in [1.29, 1.82) is 0 Å². The van der Waals surface area contributed by atoms with E-state index in [1.807, 2.05) is 6.92 Å². The van der Waals surface area contributed by atoms with Crippen LogP contribution in [0.2, 0.25) is 6.32 Å². The average Bonchev–Trinajstić information content (AvgIpc) is 1.65. The Morgan fingerprint density at radius 3 is 2.33 bits per heavy atom. The SMILES string of the molecule is [B]C[C@@H](N)CC. The Balaban J connectivity index is 2.75. The van der Waals surface area contributed by atoms with Crippen molar-refractivity contribution in [2.75, 3.05) is 0 Å². The first-order chi connectivity index (χ1) is 2.81. The summed E-state index contributed by atoms with van der Waals surface area (Å²) >= 11 is 0. The Labute approximate surface area is 40.3 Å². The molecule has 0 spiro atoms. The van der Waals surface area contributed by atoms with Gasteiger partial charge >= 0.3 is 0 Å². The fourth-order valence-electron chi connectivity index (χ4n) is 0.167. The van der Waals surface area contributed by atoms with E-state index in [2.05, 4.69) is 0 Å². The molecule has 0 saturated carbocycles. The van der Waals surface area contributed by atoms with Crippen molar-refractivity contribution >= 4 is 7.85 Å². The zero-order valence-corrected chi connectivity index (χ0v) is 4.15. The van der Waals surface area contributed by atoms with Crippen LogP contribution in [-0.4, -0.2) is 13.9 Å². The molecule has 0 saturated heterocycles. The van der Waals surface area contributed by atoms with E-state index in [-0.39, 0.29) is 6.04 Å². The van der Waals surface area contributed by atoms with Gasteiger partial charge in [0.2, 0.25) is 0 Å². The molecule has 0 rings (SSSR count). The molecule has 0 bridgehead atoms. The highest BCUT2D eigenvalue weighted by Gasteiger charge is 1.88. The van der Waals surface area contributed by atoms with Gasteiger partial charge in [0.15, 0.2) is 0 Å². The molecule has 0 aromatic carbocycles. The van der Waals surface area contributed by atoms with Gasteiger partial charge in [-0.1, -0.05) is 13.2 Å². The number of hydrogen-bond acceptors (Lipinski definition) is 1. The lowest BCUT2D eigenvalue weighted by Crippen LogP contribution is -2.16. The highest BCUT2D eigenvalue weighted by atomic mass is 14.6. The maximum Gasteiger partial charge on any atom is 0.0673 e. The van der Waals surface area contributed by atoms with Gasteiger partial charge in [0.05, 0.1) is 7.85 Å². The molecule has 0 heterocycles. The maximum atomic E-state index is 5.35. The minimum atomic E-state index is 0.213. The molecule has 1 nitrogen and oxygen atoms in total. The molecule has 2 N–H and O–H groups in total. The van der Waals surface area contributed by atoms with Gasteiger partial charge < -0.3 is 5.73 Å². The van der Waals surface area contributed by atoms with Crippen molar-refractivity contribution in [3.63, 3.8) is 0 Å². The van der Waals surface area contributed by atoms with E-state index in [0.29, 0.717) is 6.32 Å². The van der Waals surface area contributed by atoms with E-state index in [4.69, 9.17) is 13.6 Å². The third kappa shape index (κ3) is 2.27. The molecular formula is C4H10BN. The number of hydrogen-bond donors (Lipinski definition) is 1. The monoisotopic (exact) mass is 83.1 g/mol. The largest absolute Gasteiger partial charge is 0.328 e. The van der Waals surface area contributed by atoms with Crippen molar-refractivity contribution in [2.45, 2.75) is 25.7 Å². The van der Waals surface area contributed by atoms with Gasteiger partial charge in [-0.25, -0.2) is 0 Å². The third-order valence-electron chi connectivity index (χ3n) is 0.827. The summed E-state index contributed by atoms with van der Waals surface area (Å²) in [6.07, 6.45) is 1.59. The van der Waals surface area contributed by atoms with Gasteiger partial charge in [0.25, 0.3) is 0 Å². The van der Waals surface area contributed by atoms with Crippen LogP contribution in [0.1, 0.15) is 13.3 Å². The van der Waals surface area contributed by atoms with Gasteiger partial charge in [-0.05, 0) is 12.5 Å². The lowest BCUT2D eigenvalue weighted by molar-refractivity contribution is 0.714. The molecule has 2 radical (unpaired) electrons. The summed E-state index contributed by atoms with van der Waals surface area (Å²) in [5.41, 5.74) is 5.35. The molecule has 0 amide bonds. The molecule has 34 valence electrons. The van der Waals surface area contributed by atoms with E-state index in [9.17, 15) is 0 Å². The Bertz CT molecular complexity index is 26.7. The Kier molecular flexibility index (Phi) is 3.24. The normalized spacial score (nSPS) is 14.3. The summed E-state index contributed by atoms with van der Waals surface area (Å²) in [7, 11) is 5.16. The topological polar surface area (TPSA) is 26.0 Å². The zero-order chi connectivity index (χ0) is 4.99. The quantitative estimate of drug-likeness (QED) is 0.477. The van der Waals surface area contributed by atoms with Gasteiger partial charge in [-0.3, -0.25) is 0 Å². The van der Waals surface area contributed by atoms with Crippen LogP contribution in [0.25, 0.3) is 0 Å². The summed E-state index contributed by atoms with van der Waals surface area (Å²) in [4.78, 5) is 0. The second-order valence-corrected chi connectivity index (χ2v) is 1.40. The molecule has 1 atom stereocenters. The standard InChI is InChI=1S/C4H10BN/c1-2-4(6)3-5/h4H,2-3,6H2,1H3/t4-/m0/s1. The Morgan fingerprint density at radius 2 is 2.33 bits per heavy atom. The fourth-order valence-corrected chi connectivity index (χ4v) is 0.167. The van der Waals surface area contributed by atoms with Crippen LogP contribution >= 0.6 is 0 Å². The third-order valence-corrected chi connectivity index (χ3v) is 0.827. The molecule has 6 heavy (non-hydrogen) atoms. The van der Waals surface area contributed by atoms with E-state index >= 15 is 0 Å². The summed E-state index contributed by atoms with van der Waals surface area (Å²) in [6.45, 7) is 2.03. The molecule has 0 unspecified atom stereocenters. The summed E-state index contributed by atoms with van der Waals surface area (Å²) in [5, 5.41) is 0. The highest BCUT2D eigenvalue weighted by Crippen LogP contribution is 1.86. The zero-order valence-electron chi connectivity index (χ0n) is 4.15. The van der Waals surface area contributed by atoms with Crippen molar-refractivity contribution in [2.24, 2.45) is 5.73 Å². The van der Waals surface area contributed by atoms with Crippen LogP contribution in [0.4, 0.5) is 0 Å². The van der Waals surface area contributed by atoms with Crippen molar-refractivity contribution in [3.8, 4) is 0 Å². The Hall–Kier alpha value is 0.0249. The van der Waals surface area contributed by atoms with Crippen LogP contribution in [-0.2, 0) is 0 Å². The van der Waals surface area contributed by atoms with Crippen LogP contribution in [0.15, 0.2) is 0 Å². The molecular weight excluding hydrogens is 72.9 g/mol. The molecule has 2 heteroatoms. The molecule has 0 aliphatic rings. The smallest absolute Gasteiger partial charge is 0.0673 e. The van der Waals surface area contributed by atoms with Crippen molar-refractivity contribution in [3.05, 3.63) is 0 Å². The van der Waals surface area contributed by atoms with Crippen molar-refractivity contribution in [1.82, 2.24) is 0 Å². The second kappa shape index (κ2) is 3.22. The van der Waals surface area contributed by atoms with Gasteiger partial charge in [-0.2, -0.15) is 0 Å². The minimum absolute atomic E-state index is 0.213. The van der Waals surface area contributed by atoms with E-state index in [1.165, 1.54) is 0 Å². The van der Waals surface area contributed by atoms with Gasteiger partial charge in [0, 0.05) is 0 Å². The summed E-state index contributed by atoms with van der Waals surface area (Å²) < 4.78 is 0. The van der Waals surface area contributed by atoms with Crippen LogP contribution < -0.4 is 5.73 Å². The van der Waals surface area contributed by atoms with Crippen molar-refractivity contribution < 1.29 is 0 Å². The second-order valence-electron chi connectivity index (χ2n) is 1.40. The Morgan fingerprint density at radius 1 is 1.83 bits per heavy atom. The first-order valence-corrected chi connectivity index (χ1v) is 2.27. The van der Waals surface area contributed by atoms with Crippen LogP contribution in [0.3, 0.4) is 0 Å². The highest BCUT2D eigenvalue weighted by molar-refractivity contribution is 6.08. The summed E-state index contributed by atoms with van der Waals surface area (Å²) in [5.74, 6) is 0. The molecule has 0 aromatic heterocycles. The fraction of sp³-hybridized carbons (Fsp3) is 1.00. The molecule has 0 fully saturated rings. The first kappa shape index (κ1) is 6.02. The van der Waals surface area contributed by atoms with E-state index in [1.54, 1.807) is 0 Å². The molecule has 0 aromatic rings. The lowest BCUT2D eigenvalue weighted by atomic mass is 9.97. The molecule has 0 aliphatic carbocycles. The first-order valence-electron chi connectivity index (χ1n) is 2.27. The van der Waals surface area contributed by atoms with Gasteiger partial charge in [-0.15, -0.1) is 0 Å². The van der Waals surface area contributed by atoms with E-state index < -0.39 is 0 Å². The maximum absolute atomic E-state index is 5.35. The average molecular weight is 82.9 g/mol. The van der Waals surface area contributed by atoms with Crippen LogP contribution in [0.5, 0.6) is 0 Å². The predicted octanol–water partition coefficient (Wildman–Crippen LogP) is 0.310. The van der Waals surface area contributed by atoms with E-state index in [0.717, 1.165) is 6.42 Å². The predicted molar refractivity (Wildman–Crippen MR) is 28.8 cm³/mol. The lowest BCUT2D eigenvalue weighted by Gasteiger charge is -1.99. The van der Waals surface area contributed by atoms with Gasteiger partial charge in [0.1, 0.15) is 0 Å². The minimum Gasteiger partial charge on any atom is -0.328 e. The van der Waals surface area contributed by atoms with Crippen LogP contribution in [0, 0.1) is 0 Å². The summed E-state index contributed by atoms with van der Waals surface area (Å²) in [6, 6.07) is 0.213. The number of rotatable bonds is 2. The molecule has 0 aliphatic heterocycles.